The molecule has 2 bridgehead atoms. The van der Waals surface area contributed by atoms with Gasteiger partial charge < -0.3 is 34.1 Å². The van der Waals surface area contributed by atoms with Gasteiger partial charge in [0.1, 0.15) is 11.4 Å². The van der Waals surface area contributed by atoms with Crippen LogP contribution in [0.5, 0.6) is 5.75 Å². The quantitative estimate of drug-likeness (QED) is 0.378. The number of esters is 1. The van der Waals surface area contributed by atoms with Gasteiger partial charge in [0.15, 0.2) is 6.61 Å². The Hall–Kier alpha value is -4.45. The molecule has 2 aliphatic rings. The number of fused-ring (bicyclic) bond motifs is 18. The van der Waals surface area contributed by atoms with E-state index in [0.717, 1.165) is 22.5 Å². The molecule has 2 N–H and O–H groups in total. The zero-order chi connectivity index (χ0) is 32.9. The van der Waals surface area contributed by atoms with Crippen molar-refractivity contribution < 1.29 is 33.4 Å². The van der Waals surface area contributed by atoms with Crippen LogP contribution in [0.2, 0.25) is 0 Å². The van der Waals surface area contributed by atoms with E-state index in [0.29, 0.717) is 57.7 Å². The van der Waals surface area contributed by atoms with Crippen molar-refractivity contribution in [3.63, 3.8) is 0 Å². The second kappa shape index (κ2) is 16.7. The molecule has 5 rings (SSSR count). The lowest BCUT2D eigenvalue weighted by Gasteiger charge is -2.32. The van der Waals surface area contributed by atoms with Crippen LogP contribution in [-0.2, 0) is 41.5 Å². The molecular formula is C34H45N5O7. The Morgan fingerprint density at radius 1 is 1.07 bits per heavy atom. The minimum absolute atomic E-state index is 0.0722. The fourth-order valence-corrected chi connectivity index (χ4v) is 5.61. The highest BCUT2D eigenvalue weighted by atomic mass is 16.5. The Kier molecular flexibility index (Phi) is 12.5. The third-order valence-electron chi connectivity index (χ3n) is 8.20. The van der Waals surface area contributed by atoms with Crippen molar-refractivity contribution in [3.8, 4) is 5.75 Å². The van der Waals surface area contributed by atoms with Crippen molar-refractivity contribution in [1.29, 1.82) is 0 Å². The number of nitrogens with one attached hydrogen (secondary N) is 2. The molecule has 2 aromatic heterocycles. The molecule has 0 radical (unpaired) electrons. The first-order chi connectivity index (χ1) is 22.2. The Labute approximate surface area is 269 Å². The topological polar surface area (TPSA) is 141 Å². The number of hydrogen-bond acceptors (Lipinski definition) is 8. The first-order valence-corrected chi connectivity index (χ1v) is 15.9. The first-order valence-electron chi connectivity index (χ1n) is 15.9. The van der Waals surface area contributed by atoms with Crippen LogP contribution in [0.4, 0.5) is 0 Å². The molecule has 0 saturated heterocycles. The van der Waals surface area contributed by atoms with Crippen LogP contribution in [0.25, 0.3) is 5.65 Å². The van der Waals surface area contributed by atoms with Gasteiger partial charge in [0.25, 0.3) is 5.91 Å². The summed E-state index contributed by atoms with van der Waals surface area (Å²) in [5.41, 5.74) is 2.38. The van der Waals surface area contributed by atoms with E-state index >= 15 is 0 Å². The number of carbonyl (C=O) groups is 4. The van der Waals surface area contributed by atoms with E-state index in [1.165, 1.54) is 0 Å². The number of rotatable bonds is 7. The normalized spacial score (nSPS) is 18.8. The number of aryl methyl sites for hydroxylation is 1. The van der Waals surface area contributed by atoms with Crippen LogP contribution in [0.3, 0.4) is 0 Å². The molecule has 0 spiro atoms. The maximum Gasteiger partial charge on any atom is 0.314 e. The number of ether oxygens (including phenoxy) is 3. The molecule has 3 aromatic rings. The fraction of sp³-hybridized carbons (Fsp3) is 0.500. The van der Waals surface area contributed by atoms with Gasteiger partial charge in [-0.25, -0.2) is 4.98 Å². The third-order valence-corrected chi connectivity index (χ3v) is 8.20. The average molecular weight is 636 g/mol. The summed E-state index contributed by atoms with van der Waals surface area (Å²) in [6.45, 7) is 5.28. The molecule has 248 valence electrons. The van der Waals surface area contributed by atoms with Crippen LogP contribution >= 0.6 is 0 Å². The van der Waals surface area contributed by atoms with Crippen LogP contribution in [0.1, 0.15) is 49.4 Å². The minimum atomic E-state index is -1.06. The number of aromatic nitrogens is 2. The Morgan fingerprint density at radius 2 is 1.85 bits per heavy atom. The summed E-state index contributed by atoms with van der Waals surface area (Å²) < 4.78 is 18.4. The Morgan fingerprint density at radius 3 is 2.61 bits per heavy atom. The lowest BCUT2D eigenvalue weighted by molar-refractivity contribution is -0.156. The molecular weight excluding hydrogens is 590 g/mol. The first kappa shape index (κ1) is 34.4. The summed E-state index contributed by atoms with van der Waals surface area (Å²) in [6.07, 6.45) is 5.53. The highest BCUT2D eigenvalue weighted by molar-refractivity contribution is 5.81. The van der Waals surface area contributed by atoms with Crippen molar-refractivity contribution in [2.24, 2.45) is 5.41 Å². The number of methoxy groups -OCH3 is 1. The molecule has 12 heteroatoms. The van der Waals surface area contributed by atoms with Gasteiger partial charge in [-0.2, -0.15) is 0 Å². The van der Waals surface area contributed by atoms with Gasteiger partial charge in [-0.3, -0.25) is 19.2 Å². The van der Waals surface area contributed by atoms with Gasteiger partial charge in [-0.15, -0.1) is 0 Å². The molecule has 2 aliphatic heterocycles. The molecule has 1 aromatic carbocycles. The van der Waals surface area contributed by atoms with Gasteiger partial charge in [-0.1, -0.05) is 18.2 Å². The van der Waals surface area contributed by atoms with Crippen molar-refractivity contribution in [2.45, 2.75) is 52.4 Å². The van der Waals surface area contributed by atoms with Crippen LogP contribution < -0.4 is 15.4 Å². The molecule has 0 saturated carbocycles. The van der Waals surface area contributed by atoms with Gasteiger partial charge in [0.2, 0.25) is 11.8 Å². The Bertz CT molecular complexity index is 1490. The van der Waals surface area contributed by atoms with Gasteiger partial charge in [0, 0.05) is 58.7 Å². The van der Waals surface area contributed by atoms with Gasteiger partial charge in [0.05, 0.1) is 24.1 Å². The van der Waals surface area contributed by atoms with E-state index in [1.807, 2.05) is 41.8 Å². The molecule has 0 fully saturated rings. The second-order valence-corrected chi connectivity index (χ2v) is 11.6. The largest absolute Gasteiger partial charge is 0.484 e. The number of hydrogen-bond donors (Lipinski definition) is 2. The molecule has 0 aliphatic carbocycles. The molecule has 4 heterocycles. The van der Waals surface area contributed by atoms with Crippen molar-refractivity contribution in [3.05, 3.63) is 65.6 Å². The maximum absolute atomic E-state index is 13.5. The second-order valence-electron chi connectivity index (χ2n) is 11.6. The average Bonchev–Trinajstić information content (AvgIpc) is 3.46. The van der Waals surface area contributed by atoms with E-state index in [1.54, 1.807) is 37.3 Å². The van der Waals surface area contributed by atoms with E-state index in [9.17, 15) is 19.2 Å². The predicted octanol–water partition coefficient (Wildman–Crippen LogP) is 2.64. The summed E-state index contributed by atoms with van der Waals surface area (Å²) >= 11 is 0. The van der Waals surface area contributed by atoms with Gasteiger partial charge in [-0.05, 0) is 68.9 Å². The summed E-state index contributed by atoms with van der Waals surface area (Å²) in [5.74, 6) is -0.480. The van der Waals surface area contributed by atoms with E-state index < -0.39 is 11.4 Å². The highest BCUT2D eigenvalue weighted by Gasteiger charge is 2.40. The van der Waals surface area contributed by atoms with Gasteiger partial charge >= 0.3 is 5.97 Å². The third kappa shape index (κ3) is 9.29. The summed E-state index contributed by atoms with van der Waals surface area (Å²) in [7, 11) is 1.56. The summed E-state index contributed by atoms with van der Waals surface area (Å²) in [5, 5.41) is 5.81. The Balaban J connectivity index is 1.51. The molecule has 1 atom stereocenters. The smallest absolute Gasteiger partial charge is 0.314 e. The standard InChI is InChI=1S/C34H45N5O7/c1-4-45-33(43)34(14-19-44-3)21-26-10-12-28(13-11-26)46-23-30(41)35-15-7-17-38(16-6-9-29(40)37-24-34)31(42)20-27-22-36-32-25(2)8-5-18-39(27)32/h5,8,10-13,18,22H,4,6-7,9,14-17,19-21,23-24H2,1-3H3,(H,35,41)(H,37,40). The highest BCUT2D eigenvalue weighted by Crippen LogP contribution is 2.30. The summed E-state index contributed by atoms with van der Waals surface area (Å²) in [4.78, 5) is 58.7. The minimum Gasteiger partial charge on any atom is -0.484 e. The van der Waals surface area contributed by atoms with E-state index in [2.05, 4.69) is 15.6 Å². The summed E-state index contributed by atoms with van der Waals surface area (Å²) in [6, 6.07) is 11.1. The van der Waals surface area contributed by atoms with Crippen LogP contribution in [0.15, 0.2) is 48.8 Å². The number of nitrogens with zero attached hydrogens (tertiary/aromatic N) is 3. The molecule has 12 nitrogen and oxygen atoms in total. The monoisotopic (exact) mass is 635 g/mol. The lowest BCUT2D eigenvalue weighted by atomic mass is 9.78. The number of imidazole rings is 1. The number of benzene rings is 1. The van der Waals surface area contributed by atoms with Crippen molar-refractivity contribution in [1.82, 2.24) is 24.9 Å². The predicted molar refractivity (Wildman–Crippen MR) is 171 cm³/mol. The SMILES string of the molecule is CCOC(=O)C1(CCOC)CNC(=O)CCCN(C(=O)Cc2cnc3c(C)cccn23)CCCNC(=O)COc2ccc(cc2)C1. The van der Waals surface area contributed by atoms with E-state index in [-0.39, 0.29) is 50.3 Å². The van der Waals surface area contributed by atoms with Crippen LogP contribution in [-0.4, -0.2) is 91.1 Å². The van der Waals surface area contributed by atoms with Crippen LogP contribution in [0, 0.1) is 12.3 Å². The number of carbonyl (C=O) groups excluding carboxylic acids is 4. The zero-order valence-electron chi connectivity index (χ0n) is 27.0. The fourth-order valence-electron chi connectivity index (χ4n) is 5.61. The molecule has 1 unspecified atom stereocenters. The number of pyridine rings is 1. The molecule has 46 heavy (non-hydrogen) atoms. The number of amides is 3. The van der Waals surface area contributed by atoms with Crippen molar-refractivity contribution >= 4 is 29.3 Å². The molecule has 3 amide bonds. The lowest BCUT2D eigenvalue weighted by Crippen LogP contribution is -2.46. The zero-order valence-corrected chi connectivity index (χ0v) is 27.0. The van der Waals surface area contributed by atoms with E-state index in [4.69, 9.17) is 14.2 Å². The van der Waals surface area contributed by atoms with Crippen molar-refractivity contribution in [2.75, 3.05) is 53.1 Å². The maximum atomic E-state index is 13.5.